The summed E-state index contributed by atoms with van der Waals surface area (Å²) in [5.74, 6) is 0.700. The van der Waals surface area contributed by atoms with Crippen LogP contribution in [0.25, 0.3) is 0 Å². The van der Waals surface area contributed by atoms with E-state index >= 15 is 0 Å². The Kier molecular flexibility index (Phi) is 9.43. The number of nitrogens with zero attached hydrogens (tertiary/aromatic N) is 2. The summed E-state index contributed by atoms with van der Waals surface area (Å²) >= 11 is 0. The van der Waals surface area contributed by atoms with Crippen molar-refractivity contribution in [3.05, 3.63) is 168 Å². The van der Waals surface area contributed by atoms with Crippen molar-refractivity contribution in [1.82, 2.24) is 9.55 Å². The van der Waals surface area contributed by atoms with E-state index in [9.17, 15) is 0 Å². The largest absolute Gasteiger partial charge is 0.347 e. The predicted molar refractivity (Wildman–Crippen MR) is 170 cm³/mol. The fourth-order valence-corrected chi connectivity index (χ4v) is 6.91. The Hall–Kier alpha value is -3.89. The minimum Gasteiger partial charge on any atom is -0.347 e. The molecule has 4 heteroatoms. The average Bonchev–Trinajstić information content (AvgIpc) is 3.46. The van der Waals surface area contributed by atoms with E-state index in [-0.39, 0.29) is 9.52 Å². The molecule has 1 unspecified atom stereocenters. The molecular weight excluding hydrogens is 487 g/mol. The van der Waals surface area contributed by atoms with Gasteiger partial charge in [0.15, 0.2) is 0 Å². The van der Waals surface area contributed by atoms with Crippen molar-refractivity contribution in [2.75, 3.05) is 0 Å². The van der Waals surface area contributed by atoms with Gasteiger partial charge in [-0.1, -0.05) is 140 Å². The molecule has 0 N–H and O–H groups in total. The molecule has 5 aromatic rings. The van der Waals surface area contributed by atoms with Crippen molar-refractivity contribution in [3.8, 4) is 0 Å². The third-order valence-electron chi connectivity index (χ3n) is 7.66. The number of aromatic nitrogens is 2. The fraction of sp³-hybridized carbons (Fsp3) is 0.171. The van der Waals surface area contributed by atoms with Crippen LogP contribution in [0.3, 0.4) is 0 Å². The van der Waals surface area contributed by atoms with E-state index in [0.717, 1.165) is 19.9 Å². The van der Waals surface area contributed by atoms with Gasteiger partial charge in [0.05, 0.1) is 15.2 Å². The Morgan fingerprint density at radius 1 is 0.718 bits per heavy atom. The zero-order chi connectivity index (χ0) is 26.7. The lowest BCUT2D eigenvalue weighted by Crippen LogP contribution is -2.33. The Morgan fingerprint density at radius 3 is 1.72 bits per heavy atom. The Bertz CT molecular complexity index is 1340. The van der Waals surface area contributed by atoms with Gasteiger partial charge in [0.25, 0.3) is 0 Å². The van der Waals surface area contributed by atoms with E-state index in [1.54, 1.807) is 0 Å². The van der Waals surface area contributed by atoms with Gasteiger partial charge >= 0.3 is 0 Å². The minimum atomic E-state index is -0.348. The van der Waals surface area contributed by atoms with Crippen molar-refractivity contribution >= 4 is 22.5 Å². The van der Waals surface area contributed by atoms with E-state index < -0.39 is 0 Å². The van der Waals surface area contributed by atoms with Crippen LogP contribution >= 0.6 is 0 Å². The normalized spacial score (nSPS) is 12.6. The molecule has 1 heterocycles. The van der Waals surface area contributed by atoms with E-state index in [1.165, 1.54) is 28.0 Å². The van der Waals surface area contributed by atoms with Crippen molar-refractivity contribution < 1.29 is 0 Å². The van der Waals surface area contributed by atoms with Crippen molar-refractivity contribution in [2.45, 2.75) is 36.8 Å². The number of hydrogen-bond donors (Lipinski definition) is 0. The number of imidazole rings is 1. The number of allylic oxidation sites excluding steroid dienone is 2. The first-order valence-corrected chi connectivity index (χ1v) is 16.0. The lowest BCUT2D eigenvalue weighted by molar-refractivity contribution is 0.825. The molecule has 0 bridgehead atoms. The summed E-state index contributed by atoms with van der Waals surface area (Å²) in [5, 5.41) is 0. The third kappa shape index (κ3) is 7.36. The topological polar surface area (TPSA) is 17.8 Å². The smallest absolute Gasteiger partial charge is 0.217 e. The zero-order valence-electron chi connectivity index (χ0n) is 22.8. The summed E-state index contributed by atoms with van der Waals surface area (Å²) in [7, 11) is 0.564. The third-order valence-corrected chi connectivity index (χ3v) is 9.58. The summed E-state index contributed by atoms with van der Waals surface area (Å²) in [5.41, 5.74) is 7.27. The first kappa shape index (κ1) is 26.7. The molecular formula is C35H37BN2Si. The number of rotatable bonds is 12. The van der Waals surface area contributed by atoms with Crippen LogP contribution in [0, 0.1) is 0 Å². The molecule has 2 nitrogen and oxygen atoms in total. The summed E-state index contributed by atoms with van der Waals surface area (Å²) in [6.07, 6.45) is 11.2. The molecule has 0 spiro atoms. The second-order valence-corrected chi connectivity index (χ2v) is 12.7. The SMILES string of the molecule is CC(C=CCC(c1ccccc1)c1ccccc1)[SiH2]Cn1ccnc1BC(c1ccccc1)c1ccccc1. The van der Waals surface area contributed by atoms with E-state index in [1.807, 2.05) is 6.20 Å². The molecule has 0 amide bonds. The molecule has 0 saturated carbocycles. The highest BCUT2D eigenvalue weighted by Gasteiger charge is 2.19. The van der Waals surface area contributed by atoms with E-state index in [2.05, 4.69) is 151 Å². The number of benzene rings is 4. The van der Waals surface area contributed by atoms with Gasteiger partial charge in [0.1, 0.15) is 0 Å². The van der Waals surface area contributed by atoms with Crippen LogP contribution < -0.4 is 5.72 Å². The molecule has 39 heavy (non-hydrogen) atoms. The van der Waals surface area contributed by atoms with Crippen molar-refractivity contribution in [2.24, 2.45) is 0 Å². The summed E-state index contributed by atoms with van der Waals surface area (Å²) in [6.45, 7) is 2.39. The van der Waals surface area contributed by atoms with Crippen LogP contribution in [-0.2, 0) is 6.17 Å². The van der Waals surface area contributed by atoms with Gasteiger partial charge in [-0.05, 0) is 40.0 Å². The second kappa shape index (κ2) is 13.8. The van der Waals surface area contributed by atoms with E-state index in [4.69, 9.17) is 4.98 Å². The van der Waals surface area contributed by atoms with Crippen molar-refractivity contribution in [1.29, 1.82) is 0 Å². The maximum atomic E-state index is 4.80. The van der Waals surface area contributed by atoms with Gasteiger partial charge in [0, 0.05) is 24.5 Å². The molecule has 0 radical (unpaired) electrons. The molecule has 0 saturated heterocycles. The lowest BCUT2D eigenvalue weighted by Gasteiger charge is -2.18. The fourth-order valence-electron chi connectivity index (χ4n) is 5.44. The quantitative estimate of drug-likeness (QED) is 0.136. The molecule has 0 aliphatic carbocycles. The molecule has 194 valence electrons. The lowest BCUT2D eigenvalue weighted by atomic mass is 9.58. The van der Waals surface area contributed by atoms with Crippen LogP contribution in [0.4, 0.5) is 0 Å². The zero-order valence-corrected chi connectivity index (χ0v) is 24.2. The summed E-state index contributed by atoms with van der Waals surface area (Å²) < 4.78 is 2.41. The Balaban J connectivity index is 1.22. The second-order valence-electron chi connectivity index (χ2n) is 10.4. The van der Waals surface area contributed by atoms with Gasteiger partial charge < -0.3 is 4.57 Å². The highest BCUT2D eigenvalue weighted by molar-refractivity contribution is 6.54. The first-order valence-electron chi connectivity index (χ1n) is 14.1. The molecule has 5 rings (SSSR count). The van der Waals surface area contributed by atoms with Crippen molar-refractivity contribution in [3.63, 3.8) is 0 Å². The van der Waals surface area contributed by atoms with Gasteiger partial charge in [-0.15, -0.1) is 0 Å². The number of hydrogen-bond acceptors (Lipinski definition) is 1. The van der Waals surface area contributed by atoms with Crippen LogP contribution in [0.15, 0.2) is 146 Å². The van der Waals surface area contributed by atoms with Gasteiger partial charge in [-0.3, -0.25) is 4.98 Å². The van der Waals surface area contributed by atoms with Crippen LogP contribution in [-0.4, -0.2) is 26.4 Å². The molecule has 0 fully saturated rings. The highest BCUT2D eigenvalue weighted by atomic mass is 28.2. The van der Waals surface area contributed by atoms with Crippen LogP contribution in [0.5, 0.6) is 0 Å². The Labute approximate surface area is 236 Å². The Morgan fingerprint density at radius 2 is 1.21 bits per heavy atom. The summed E-state index contributed by atoms with van der Waals surface area (Å²) in [4.78, 5) is 4.80. The highest BCUT2D eigenvalue weighted by Crippen LogP contribution is 2.28. The molecule has 1 atom stereocenters. The van der Waals surface area contributed by atoms with Gasteiger partial charge in [-0.2, -0.15) is 0 Å². The molecule has 0 aliphatic heterocycles. The molecule has 4 aromatic carbocycles. The summed E-state index contributed by atoms with van der Waals surface area (Å²) in [6, 6.07) is 43.5. The average molecular weight is 525 g/mol. The minimum absolute atomic E-state index is 0.306. The maximum Gasteiger partial charge on any atom is 0.217 e. The van der Waals surface area contributed by atoms with Crippen LogP contribution in [0.2, 0.25) is 5.54 Å². The van der Waals surface area contributed by atoms with Gasteiger partial charge in [0.2, 0.25) is 7.28 Å². The first-order chi connectivity index (χ1) is 19.3. The standard InChI is InChI=1S/C35H37BN2Si/c1-28(15-14-24-33(29-16-6-2-7-17-29)30-18-8-3-9-19-30)39-27-38-26-25-37-35(38)36-34(31-20-10-4-11-21-31)32-22-12-5-13-23-32/h2-23,25-26,28,33-34,36H,24,27,39H2,1H3. The van der Waals surface area contributed by atoms with E-state index in [0.29, 0.717) is 17.3 Å². The molecule has 1 aromatic heterocycles. The monoisotopic (exact) mass is 524 g/mol. The molecule has 0 aliphatic rings. The maximum absolute atomic E-state index is 4.80. The predicted octanol–water partition coefficient (Wildman–Crippen LogP) is 6.45. The van der Waals surface area contributed by atoms with Gasteiger partial charge in [-0.25, -0.2) is 0 Å². The van der Waals surface area contributed by atoms with Crippen LogP contribution in [0.1, 0.15) is 47.3 Å².